The molecule has 0 bridgehead atoms. The van der Waals surface area contributed by atoms with Crippen LogP contribution in [0.15, 0.2) is 88.9 Å². The highest BCUT2D eigenvalue weighted by Crippen LogP contribution is 2.22. The van der Waals surface area contributed by atoms with Crippen LogP contribution in [0.5, 0.6) is 0 Å². The molecule has 0 unspecified atom stereocenters. The monoisotopic (exact) mass is 452 g/mol. The molecule has 1 N–H and O–H groups in total. The first kappa shape index (κ1) is 22.6. The topological polar surface area (TPSA) is 122 Å². The van der Waals surface area contributed by atoms with E-state index in [0.29, 0.717) is 22.5 Å². The number of sulfonamides is 1. The third-order valence-electron chi connectivity index (χ3n) is 4.72. The molecule has 0 heterocycles. The molecule has 0 spiro atoms. The lowest BCUT2D eigenvalue weighted by molar-refractivity contribution is -0.384. The van der Waals surface area contributed by atoms with Gasteiger partial charge < -0.3 is 0 Å². The van der Waals surface area contributed by atoms with Gasteiger partial charge in [0.25, 0.3) is 21.6 Å². The molecule has 0 atom stereocenters. The number of benzene rings is 3. The molecule has 0 radical (unpaired) electrons. The van der Waals surface area contributed by atoms with Crippen LogP contribution < -0.4 is 9.73 Å². The second-order valence-electron chi connectivity index (χ2n) is 6.77. The summed E-state index contributed by atoms with van der Waals surface area (Å²) in [5, 5.41) is 14.8. The maximum atomic E-state index is 12.7. The van der Waals surface area contributed by atoms with Crippen molar-refractivity contribution < 1.29 is 18.1 Å². The van der Waals surface area contributed by atoms with Crippen LogP contribution >= 0.6 is 0 Å². The Morgan fingerprint density at radius 3 is 2.06 bits per heavy atom. The summed E-state index contributed by atoms with van der Waals surface area (Å²) in [7, 11) is -2.28. The van der Waals surface area contributed by atoms with E-state index < -0.39 is 20.9 Å². The highest BCUT2D eigenvalue weighted by molar-refractivity contribution is 7.92. The first-order valence-corrected chi connectivity index (χ1v) is 10.9. The molecule has 0 aliphatic heterocycles. The van der Waals surface area contributed by atoms with E-state index in [2.05, 4.69) is 10.5 Å². The summed E-state index contributed by atoms with van der Waals surface area (Å²) in [6.07, 6.45) is 0. The Kier molecular flexibility index (Phi) is 6.64. The molecule has 3 rings (SSSR count). The summed E-state index contributed by atoms with van der Waals surface area (Å²) in [4.78, 5) is 22.8. The second-order valence-corrected chi connectivity index (χ2v) is 8.74. The molecule has 0 saturated heterocycles. The number of nitro benzene ring substituents is 1. The van der Waals surface area contributed by atoms with Gasteiger partial charge in [0.05, 0.1) is 21.2 Å². The minimum absolute atomic E-state index is 0.0371. The molecule has 32 heavy (non-hydrogen) atoms. The zero-order valence-corrected chi connectivity index (χ0v) is 18.1. The van der Waals surface area contributed by atoms with Gasteiger partial charge in [-0.1, -0.05) is 18.2 Å². The molecule has 0 aromatic heterocycles. The summed E-state index contributed by atoms with van der Waals surface area (Å²) in [5.41, 5.74) is 4.17. The van der Waals surface area contributed by atoms with E-state index in [1.807, 2.05) is 0 Å². The average molecular weight is 452 g/mol. The molecule has 9 nitrogen and oxygen atoms in total. The third-order valence-corrected chi connectivity index (χ3v) is 6.52. The first-order valence-electron chi connectivity index (χ1n) is 9.43. The van der Waals surface area contributed by atoms with Crippen molar-refractivity contribution in [1.29, 1.82) is 0 Å². The largest absolute Gasteiger partial charge is 0.271 e. The predicted molar refractivity (Wildman–Crippen MR) is 121 cm³/mol. The van der Waals surface area contributed by atoms with E-state index in [0.717, 1.165) is 4.31 Å². The van der Waals surface area contributed by atoms with Gasteiger partial charge in [0.1, 0.15) is 0 Å². The zero-order valence-electron chi connectivity index (χ0n) is 17.3. The van der Waals surface area contributed by atoms with Gasteiger partial charge in [0.2, 0.25) is 0 Å². The van der Waals surface area contributed by atoms with Gasteiger partial charge in [-0.05, 0) is 61.0 Å². The lowest BCUT2D eigenvalue weighted by Crippen LogP contribution is -2.26. The molecule has 0 aliphatic rings. The van der Waals surface area contributed by atoms with E-state index in [4.69, 9.17) is 0 Å². The fourth-order valence-corrected chi connectivity index (χ4v) is 4.02. The summed E-state index contributed by atoms with van der Waals surface area (Å²) in [6, 6.07) is 19.9. The molecule has 1 amide bonds. The van der Waals surface area contributed by atoms with Crippen molar-refractivity contribution >= 4 is 33.0 Å². The van der Waals surface area contributed by atoms with Crippen molar-refractivity contribution in [1.82, 2.24) is 5.43 Å². The molecule has 10 heteroatoms. The Balaban J connectivity index is 1.69. The van der Waals surface area contributed by atoms with Crippen LogP contribution in [0.1, 0.15) is 22.8 Å². The zero-order chi connectivity index (χ0) is 23.3. The number of non-ortho nitro benzene ring substituents is 1. The fourth-order valence-electron chi connectivity index (χ4n) is 2.80. The van der Waals surface area contributed by atoms with Crippen LogP contribution in [0.4, 0.5) is 11.4 Å². The average Bonchev–Trinajstić information content (AvgIpc) is 2.82. The van der Waals surface area contributed by atoms with E-state index in [9.17, 15) is 23.3 Å². The van der Waals surface area contributed by atoms with Gasteiger partial charge in [0.15, 0.2) is 0 Å². The molecule has 0 fully saturated rings. The highest BCUT2D eigenvalue weighted by Gasteiger charge is 2.21. The second kappa shape index (κ2) is 9.40. The molecule has 3 aromatic carbocycles. The predicted octanol–water partition coefficient (Wildman–Crippen LogP) is 3.57. The first-order chi connectivity index (χ1) is 15.2. The summed E-state index contributed by atoms with van der Waals surface area (Å²) >= 11 is 0. The molecule has 0 aliphatic carbocycles. The van der Waals surface area contributed by atoms with E-state index >= 15 is 0 Å². The van der Waals surface area contributed by atoms with Gasteiger partial charge >= 0.3 is 0 Å². The SMILES string of the molecule is C/C(=N\NC(=O)c1ccc(N(C)S(=O)(=O)c2ccccc2)cc1)c1ccc([N+](=O)[O-])cc1. The lowest BCUT2D eigenvalue weighted by atomic mass is 10.1. The number of nitro groups is 1. The third kappa shape index (κ3) is 4.98. The number of nitrogens with one attached hydrogen (secondary N) is 1. The van der Waals surface area contributed by atoms with Crippen molar-refractivity contribution in [3.63, 3.8) is 0 Å². The van der Waals surface area contributed by atoms with Crippen LogP contribution in [0.2, 0.25) is 0 Å². The maximum Gasteiger partial charge on any atom is 0.271 e. The van der Waals surface area contributed by atoms with Crippen molar-refractivity contribution in [2.75, 3.05) is 11.4 Å². The molecular weight excluding hydrogens is 432 g/mol. The van der Waals surface area contributed by atoms with Crippen molar-refractivity contribution in [3.8, 4) is 0 Å². The normalized spacial score (nSPS) is 11.6. The van der Waals surface area contributed by atoms with Crippen LogP contribution in [-0.2, 0) is 10.0 Å². The summed E-state index contributed by atoms with van der Waals surface area (Å²) in [5.74, 6) is -0.480. The number of hydrazone groups is 1. The van der Waals surface area contributed by atoms with Crippen molar-refractivity contribution in [2.24, 2.45) is 5.10 Å². The number of carbonyl (C=O) groups is 1. The summed E-state index contributed by atoms with van der Waals surface area (Å²) in [6.45, 7) is 1.66. The number of amides is 1. The number of anilines is 1. The number of rotatable bonds is 7. The maximum absolute atomic E-state index is 12.7. The van der Waals surface area contributed by atoms with Crippen LogP contribution in [0.25, 0.3) is 0 Å². The Morgan fingerprint density at radius 2 is 1.50 bits per heavy atom. The van der Waals surface area contributed by atoms with Crippen LogP contribution in [-0.4, -0.2) is 32.0 Å². The van der Waals surface area contributed by atoms with E-state index in [-0.39, 0.29) is 10.6 Å². The Hall–Kier alpha value is -4.05. The van der Waals surface area contributed by atoms with Crippen molar-refractivity contribution in [2.45, 2.75) is 11.8 Å². The van der Waals surface area contributed by atoms with Crippen molar-refractivity contribution in [3.05, 3.63) is 100 Å². The lowest BCUT2D eigenvalue weighted by Gasteiger charge is -2.19. The van der Waals surface area contributed by atoms with E-state index in [1.54, 1.807) is 37.3 Å². The van der Waals surface area contributed by atoms with E-state index in [1.165, 1.54) is 55.6 Å². The Labute approximate surface area is 185 Å². The molecular formula is C22H20N4O5S. The molecule has 164 valence electrons. The van der Waals surface area contributed by atoms with Gasteiger partial charge in [-0.25, -0.2) is 13.8 Å². The van der Waals surface area contributed by atoms with Gasteiger partial charge in [-0.3, -0.25) is 19.2 Å². The molecule has 3 aromatic rings. The van der Waals surface area contributed by atoms with Crippen LogP contribution in [0, 0.1) is 10.1 Å². The fraction of sp³-hybridized carbons (Fsp3) is 0.0909. The van der Waals surface area contributed by atoms with Gasteiger partial charge in [-0.2, -0.15) is 5.10 Å². The van der Waals surface area contributed by atoms with Gasteiger partial charge in [-0.15, -0.1) is 0 Å². The van der Waals surface area contributed by atoms with Crippen LogP contribution in [0.3, 0.4) is 0 Å². The highest BCUT2D eigenvalue weighted by atomic mass is 32.2. The Bertz CT molecular complexity index is 1260. The molecule has 0 saturated carbocycles. The minimum atomic E-state index is -3.72. The Morgan fingerprint density at radius 1 is 0.938 bits per heavy atom. The number of carbonyl (C=O) groups excluding carboxylic acids is 1. The minimum Gasteiger partial charge on any atom is -0.269 e. The number of hydrogen-bond acceptors (Lipinski definition) is 6. The van der Waals surface area contributed by atoms with Gasteiger partial charge in [0, 0.05) is 24.7 Å². The number of hydrogen-bond donors (Lipinski definition) is 1. The standard InChI is InChI=1S/C22H20N4O5S/c1-16(17-8-14-20(15-9-17)26(28)29)23-24-22(27)18-10-12-19(13-11-18)25(2)32(30,31)21-6-4-3-5-7-21/h3-15H,1-2H3,(H,24,27)/b23-16+. The quantitative estimate of drug-likeness (QED) is 0.334. The smallest absolute Gasteiger partial charge is 0.269 e. The number of nitrogens with zero attached hydrogens (tertiary/aromatic N) is 3. The summed E-state index contributed by atoms with van der Waals surface area (Å²) < 4.78 is 26.6.